The Morgan fingerprint density at radius 1 is 1.04 bits per heavy atom. The summed E-state index contributed by atoms with van der Waals surface area (Å²) < 4.78 is 39.5. The average molecular weight is 385 g/mol. The Labute approximate surface area is 157 Å². The maximum Gasteiger partial charge on any atom is 0.416 e. The average Bonchev–Trinajstić information content (AvgIpc) is 3.11. The van der Waals surface area contributed by atoms with Crippen molar-refractivity contribution >= 4 is 16.7 Å². The normalized spacial score (nSPS) is 13.8. The van der Waals surface area contributed by atoms with Gasteiger partial charge in [0, 0.05) is 24.0 Å². The molecule has 2 heterocycles. The van der Waals surface area contributed by atoms with Crippen LogP contribution in [0.4, 0.5) is 18.9 Å². The second-order valence-electron chi connectivity index (χ2n) is 6.24. The maximum absolute atomic E-state index is 13.2. The number of hydrogen-bond donors (Lipinski definition) is 2. The Bertz CT molecular complexity index is 1160. The zero-order valence-corrected chi connectivity index (χ0v) is 14.6. The zero-order valence-electron chi connectivity index (χ0n) is 14.6. The maximum atomic E-state index is 13.2. The lowest BCUT2D eigenvalue weighted by Gasteiger charge is -2.16. The summed E-state index contributed by atoms with van der Waals surface area (Å²) >= 11 is 0. The van der Waals surface area contributed by atoms with Gasteiger partial charge in [0.25, 0.3) is 5.56 Å². The summed E-state index contributed by atoms with van der Waals surface area (Å²) in [6, 6.07) is 10.6. The highest BCUT2D eigenvalue weighted by Crippen LogP contribution is 2.33. The van der Waals surface area contributed by atoms with Crippen molar-refractivity contribution in [2.24, 2.45) is 0 Å². The van der Waals surface area contributed by atoms with Crippen molar-refractivity contribution in [3.63, 3.8) is 0 Å². The first kappa shape index (κ1) is 17.9. The van der Waals surface area contributed by atoms with Gasteiger partial charge in [-0.05, 0) is 36.8 Å². The van der Waals surface area contributed by atoms with Gasteiger partial charge in [-0.25, -0.2) is 9.97 Å². The van der Waals surface area contributed by atoms with E-state index in [1.54, 1.807) is 35.6 Å². The number of fused-ring (bicyclic) bond motifs is 1. The zero-order chi connectivity index (χ0) is 19.9. The molecule has 0 fully saturated rings. The molecule has 0 amide bonds. The molecule has 6 nitrogen and oxygen atoms in total. The third-order valence-electron chi connectivity index (χ3n) is 4.27. The van der Waals surface area contributed by atoms with Crippen LogP contribution in [0.25, 0.3) is 22.3 Å². The number of aromatic nitrogens is 2. The molecular formula is C19H14F3N5O. The number of rotatable bonds is 2. The van der Waals surface area contributed by atoms with Crippen molar-refractivity contribution in [1.82, 2.24) is 20.9 Å². The van der Waals surface area contributed by atoms with Crippen LogP contribution in [0, 0.1) is 6.92 Å². The summed E-state index contributed by atoms with van der Waals surface area (Å²) in [4.78, 5) is 20.4. The summed E-state index contributed by atoms with van der Waals surface area (Å²) in [6.07, 6.45) is -1.05. The fourth-order valence-electron chi connectivity index (χ4n) is 2.97. The number of aryl methyl sites for hydroxylation is 1. The highest BCUT2D eigenvalue weighted by molar-refractivity contribution is 5.78. The van der Waals surface area contributed by atoms with E-state index in [0.717, 1.165) is 11.8 Å². The molecule has 0 radical (unpaired) electrons. The SMILES string of the molecule is Cc1cc2nc(-c3cccc(N4C=CNN4)c3)cc(=O)nc2cc1C(F)(F)F. The van der Waals surface area contributed by atoms with Gasteiger partial charge in [-0.3, -0.25) is 9.80 Å². The predicted octanol–water partition coefficient (Wildman–Crippen LogP) is 3.28. The molecule has 1 aliphatic rings. The molecule has 0 bridgehead atoms. The monoisotopic (exact) mass is 385 g/mol. The standard InChI is InChI=1S/C19H14F3N5O/c1-11-7-16-17(9-14(11)19(20,21)22)25-18(28)10-15(24-16)12-3-2-4-13(8-12)27-6-5-23-26-27/h2-10,23,26H,1H3. The molecule has 142 valence electrons. The lowest BCUT2D eigenvalue weighted by Crippen LogP contribution is -2.35. The number of benzene rings is 2. The van der Waals surface area contributed by atoms with E-state index in [4.69, 9.17) is 0 Å². The van der Waals surface area contributed by atoms with E-state index in [2.05, 4.69) is 20.9 Å². The van der Waals surface area contributed by atoms with Crippen molar-refractivity contribution in [2.45, 2.75) is 13.1 Å². The molecule has 2 N–H and O–H groups in total. The first-order chi connectivity index (χ1) is 13.3. The smallest absolute Gasteiger partial charge is 0.309 e. The van der Waals surface area contributed by atoms with Gasteiger partial charge < -0.3 is 5.43 Å². The van der Waals surface area contributed by atoms with Gasteiger partial charge in [0.05, 0.1) is 28.0 Å². The van der Waals surface area contributed by atoms with E-state index in [0.29, 0.717) is 11.3 Å². The molecule has 0 saturated carbocycles. The number of hydrogen-bond acceptors (Lipinski definition) is 6. The number of alkyl halides is 3. The third-order valence-corrected chi connectivity index (χ3v) is 4.27. The van der Waals surface area contributed by atoms with Crippen molar-refractivity contribution in [3.8, 4) is 11.3 Å². The van der Waals surface area contributed by atoms with Crippen LogP contribution >= 0.6 is 0 Å². The molecule has 28 heavy (non-hydrogen) atoms. The van der Waals surface area contributed by atoms with Gasteiger partial charge in [0.15, 0.2) is 0 Å². The molecule has 0 unspecified atom stereocenters. The van der Waals surface area contributed by atoms with Crippen LogP contribution < -0.4 is 21.5 Å². The summed E-state index contributed by atoms with van der Waals surface area (Å²) in [5, 5.41) is 1.72. The van der Waals surface area contributed by atoms with Crippen LogP contribution in [0.5, 0.6) is 0 Å². The second-order valence-corrected chi connectivity index (χ2v) is 6.24. The van der Waals surface area contributed by atoms with Crippen LogP contribution in [-0.2, 0) is 6.18 Å². The third kappa shape index (κ3) is 3.39. The molecule has 0 atom stereocenters. The van der Waals surface area contributed by atoms with Crippen molar-refractivity contribution in [2.75, 3.05) is 5.01 Å². The minimum Gasteiger partial charge on any atom is -0.309 e. The molecule has 0 aliphatic carbocycles. The number of nitrogens with one attached hydrogen (secondary N) is 2. The molecule has 0 saturated heterocycles. The largest absolute Gasteiger partial charge is 0.416 e. The Kier molecular flexibility index (Phi) is 4.23. The second kappa shape index (κ2) is 6.61. The minimum absolute atomic E-state index is 0.0186. The Morgan fingerprint density at radius 3 is 2.54 bits per heavy atom. The first-order valence-corrected chi connectivity index (χ1v) is 8.30. The van der Waals surface area contributed by atoms with Crippen molar-refractivity contribution in [3.05, 3.63) is 76.3 Å². The molecule has 1 aromatic heterocycles. The first-order valence-electron chi connectivity index (χ1n) is 8.30. The molecule has 4 rings (SSSR count). The Morgan fingerprint density at radius 2 is 1.82 bits per heavy atom. The van der Waals surface area contributed by atoms with Crippen molar-refractivity contribution < 1.29 is 13.2 Å². The molecule has 9 heteroatoms. The number of anilines is 1. The van der Waals surface area contributed by atoms with Gasteiger partial charge in [-0.1, -0.05) is 12.1 Å². The van der Waals surface area contributed by atoms with E-state index in [1.807, 2.05) is 6.07 Å². The van der Waals surface area contributed by atoms with E-state index in [9.17, 15) is 18.0 Å². The van der Waals surface area contributed by atoms with Gasteiger partial charge in [0.2, 0.25) is 0 Å². The van der Waals surface area contributed by atoms with Crippen LogP contribution in [0.15, 0.2) is 59.7 Å². The van der Waals surface area contributed by atoms with E-state index < -0.39 is 17.3 Å². The highest BCUT2D eigenvalue weighted by Gasteiger charge is 2.32. The van der Waals surface area contributed by atoms with Gasteiger partial charge in [0.1, 0.15) is 0 Å². The molecule has 1 aliphatic heterocycles. The number of nitrogens with zero attached hydrogens (tertiary/aromatic N) is 3. The summed E-state index contributed by atoms with van der Waals surface area (Å²) in [5.41, 5.74) is 6.10. The number of hydrazine groups is 2. The van der Waals surface area contributed by atoms with Crippen LogP contribution in [-0.4, -0.2) is 9.97 Å². The summed E-state index contributed by atoms with van der Waals surface area (Å²) in [6.45, 7) is 1.35. The lowest BCUT2D eigenvalue weighted by atomic mass is 10.1. The topological polar surface area (TPSA) is 70.2 Å². The highest BCUT2D eigenvalue weighted by atomic mass is 19.4. The predicted molar refractivity (Wildman–Crippen MR) is 98.9 cm³/mol. The van der Waals surface area contributed by atoms with Crippen LogP contribution in [0.3, 0.4) is 0 Å². The van der Waals surface area contributed by atoms with Crippen LogP contribution in [0.1, 0.15) is 11.1 Å². The Balaban J connectivity index is 1.88. The van der Waals surface area contributed by atoms with E-state index >= 15 is 0 Å². The van der Waals surface area contributed by atoms with Gasteiger partial charge in [-0.15, -0.1) is 5.53 Å². The molecule has 2 aromatic carbocycles. The molecular weight excluding hydrogens is 371 g/mol. The fraction of sp³-hybridized carbons (Fsp3) is 0.105. The Hall–Kier alpha value is -3.46. The molecule has 0 spiro atoms. The van der Waals surface area contributed by atoms with E-state index in [-0.39, 0.29) is 16.6 Å². The van der Waals surface area contributed by atoms with Gasteiger partial charge >= 0.3 is 6.18 Å². The minimum atomic E-state index is -4.53. The summed E-state index contributed by atoms with van der Waals surface area (Å²) in [7, 11) is 0. The quantitative estimate of drug-likeness (QED) is 0.706. The van der Waals surface area contributed by atoms with Crippen LogP contribution in [0.2, 0.25) is 0 Å². The number of halogens is 3. The van der Waals surface area contributed by atoms with E-state index in [1.165, 1.54) is 19.1 Å². The molecule has 3 aromatic rings. The van der Waals surface area contributed by atoms with Gasteiger partial charge in [-0.2, -0.15) is 13.2 Å². The summed E-state index contributed by atoms with van der Waals surface area (Å²) in [5.74, 6) is 0. The van der Waals surface area contributed by atoms with Crippen molar-refractivity contribution in [1.29, 1.82) is 0 Å². The lowest BCUT2D eigenvalue weighted by molar-refractivity contribution is -0.137. The fourth-order valence-corrected chi connectivity index (χ4v) is 2.97.